The van der Waals surface area contributed by atoms with E-state index in [1.165, 1.54) is 11.8 Å². The monoisotopic (exact) mass is 419 g/mol. The Morgan fingerprint density at radius 1 is 1.18 bits per heavy atom. The van der Waals surface area contributed by atoms with Gasteiger partial charge in [-0.05, 0) is 51.0 Å². The molecule has 0 N–H and O–H groups in total. The van der Waals surface area contributed by atoms with E-state index in [4.69, 9.17) is 4.98 Å². The second kappa shape index (κ2) is 8.19. The van der Waals surface area contributed by atoms with Gasteiger partial charge in [0, 0.05) is 24.0 Å². The van der Waals surface area contributed by atoms with Gasteiger partial charge in [-0.25, -0.2) is 4.98 Å². The van der Waals surface area contributed by atoms with Crippen LogP contribution in [-0.4, -0.2) is 39.2 Å². The molecule has 2 aromatic rings. The van der Waals surface area contributed by atoms with E-state index in [0.29, 0.717) is 11.7 Å². The van der Waals surface area contributed by atoms with Gasteiger partial charge in [0.2, 0.25) is 5.91 Å². The van der Waals surface area contributed by atoms with Crippen molar-refractivity contribution in [2.24, 2.45) is 5.92 Å². The number of aryl methyl sites for hydroxylation is 2. The van der Waals surface area contributed by atoms with Gasteiger partial charge < -0.3 is 4.90 Å². The van der Waals surface area contributed by atoms with Crippen molar-refractivity contribution >= 4 is 39.2 Å². The molecule has 0 spiro atoms. The molecule has 3 heterocycles. The standard InChI is InChI=1S/C21H29N3O2S2/c1-13-8-10-23(11-9-13)17(25)12-27-21-22-19-18(14(2)15(3)28-19)20(26)24(21)16-6-4-5-7-16/h13,16H,4-12H2,1-3H3. The fraction of sp³-hybridized carbons (Fsp3) is 0.667. The van der Waals surface area contributed by atoms with Gasteiger partial charge in [-0.1, -0.05) is 31.5 Å². The topological polar surface area (TPSA) is 55.2 Å². The van der Waals surface area contributed by atoms with Crippen LogP contribution in [0.25, 0.3) is 10.2 Å². The maximum absolute atomic E-state index is 13.4. The molecule has 0 unspecified atom stereocenters. The van der Waals surface area contributed by atoms with E-state index in [1.54, 1.807) is 11.3 Å². The predicted molar refractivity (Wildman–Crippen MR) is 117 cm³/mol. The zero-order chi connectivity index (χ0) is 19.8. The van der Waals surface area contributed by atoms with Gasteiger partial charge >= 0.3 is 0 Å². The number of fused-ring (bicyclic) bond motifs is 1. The van der Waals surface area contributed by atoms with E-state index in [-0.39, 0.29) is 17.5 Å². The zero-order valence-corrected chi connectivity index (χ0v) is 18.6. The summed E-state index contributed by atoms with van der Waals surface area (Å²) in [5.74, 6) is 1.24. The van der Waals surface area contributed by atoms with Crippen LogP contribution in [0.3, 0.4) is 0 Å². The number of hydrogen-bond donors (Lipinski definition) is 0. The molecule has 1 amide bonds. The van der Waals surface area contributed by atoms with Gasteiger partial charge in [-0.15, -0.1) is 11.3 Å². The molecule has 1 saturated carbocycles. The van der Waals surface area contributed by atoms with Crippen LogP contribution in [0.5, 0.6) is 0 Å². The summed E-state index contributed by atoms with van der Waals surface area (Å²) < 4.78 is 1.91. The van der Waals surface area contributed by atoms with Crippen LogP contribution in [-0.2, 0) is 4.79 Å². The minimum absolute atomic E-state index is 0.0838. The SMILES string of the molecule is Cc1sc2nc(SCC(=O)N3CCC(C)CC3)n(C3CCCC3)c(=O)c2c1C. The van der Waals surface area contributed by atoms with E-state index in [0.717, 1.165) is 77.4 Å². The third kappa shape index (κ3) is 3.75. The van der Waals surface area contributed by atoms with Crippen LogP contribution >= 0.6 is 23.1 Å². The maximum atomic E-state index is 13.4. The number of likely N-dealkylation sites (tertiary alicyclic amines) is 1. The second-order valence-electron chi connectivity index (χ2n) is 8.32. The molecule has 1 saturated heterocycles. The number of thiophene rings is 1. The molecule has 4 rings (SSSR count). The summed E-state index contributed by atoms with van der Waals surface area (Å²) in [5, 5.41) is 1.50. The average Bonchev–Trinajstić information content (AvgIpc) is 3.29. The van der Waals surface area contributed by atoms with Gasteiger partial charge in [0.15, 0.2) is 5.16 Å². The Bertz CT molecular complexity index is 935. The summed E-state index contributed by atoms with van der Waals surface area (Å²) in [6, 6.07) is 0.220. The summed E-state index contributed by atoms with van der Waals surface area (Å²) in [6.07, 6.45) is 6.54. The van der Waals surface area contributed by atoms with Crippen LogP contribution in [0.4, 0.5) is 0 Å². The molecule has 0 bridgehead atoms. The minimum Gasteiger partial charge on any atom is -0.342 e. The molecule has 5 nitrogen and oxygen atoms in total. The van der Waals surface area contributed by atoms with Crippen LogP contribution in [0, 0.1) is 19.8 Å². The third-order valence-electron chi connectivity index (χ3n) is 6.35. The molecular weight excluding hydrogens is 390 g/mol. The fourth-order valence-electron chi connectivity index (χ4n) is 4.35. The number of thioether (sulfide) groups is 1. The molecule has 1 aliphatic carbocycles. The lowest BCUT2D eigenvalue weighted by atomic mass is 9.99. The number of rotatable bonds is 4. The predicted octanol–water partition coefficient (Wildman–Crippen LogP) is 4.54. The molecule has 2 aromatic heterocycles. The van der Waals surface area contributed by atoms with Crippen LogP contribution in [0.2, 0.25) is 0 Å². The highest BCUT2D eigenvalue weighted by Gasteiger charge is 2.26. The number of carbonyl (C=O) groups excluding carboxylic acids is 1. The van der Waals surface area contributed by atoms with Gasteiger partial charge in [-0.3, -0.25) is 14.2 Å². The van der Waals surface area contributed by atoms with Gasteiger partial charge in [0.25, 0.3) is 5.56 Å². The average molecular weight is 420 g/mol. The van der Waals surface area contributed by atoms with Crippen LogP contribution in [0.15, 0.2) is 9.95 Å². The lowest BCUT2D eigenvalue weighted by molar-refractivity contribution is -0.129. The fourth-order valence-corrected chi connectivity index (χ4v) is 6.39. The van der Waals surface area contributed by atoms with Crippen molar-refractivity contribution < 1.29 is 4.79 Å². The van der Waals surface area contributed by atoms with Crippen molar-refractivity contribution in [2.45, 2.75) is 70.5 Å². The summed E-state index contributed by atoms with van der Waals surface area (Å²) in [7, 11) is 0. The number of aromatic nitrogens is 2. The van der Waals surface area contributed by atoms with E-state index >= 15 is 0 Å². The van der Waals surface area contributed by atoms with Crippen molar-refractivity contribution in [2.75, 3.05) is 18.8 Å². The number of amides is 1. The van der Waals surface area contributed by atoms with Crippen LogP contribution < -0.4 is 5.56 Å². The van der Waals surface area contributed by atoms with E-state index in [1.807, 2.05) is 16.4 Å². The molecule has 2 fully saturated rings. The first-order valence-electron chi connectivity index (χ1n) is 10.4. The Morgan fingerprint density at radius 3 is 2.54 bits per heavy atom. The van der Waals surface area contributed by atoms with Crippen molar-refractivity contribution in [3.8, 4) is 0 Å². The van der Waals surface area contributed by atoms with E-state index in [2.05, 4.69) is 13.8 Å². The summed E-state index contributed by atoms with van der Waals surface area (Å²) >= 11 is 3.04. The lowest BCUT2D eigenvalue weighted by Gasteiger charge is -2.30. The quantitative estimate of drug-likeness (QED) is 0.539. The third-order valence-corrected chi connectivity index (χ3v) is 8.39. The van der Waals surface area contributed by atoms with Crippen molar-refractivity contribution in [3.05, 3.63) is 20.8 Å². The maximum Gasteiger partial charge on any atom is 0.263 e. The number of hydrogen-bond acceptors (Lipinski definition) is 5. The Balaban J connectivity index is 1.62. The highest BCUT2D eigenvalue weighted by atomic mass is 32.2. The van der Waals surface area contributed by atoms with Crippen molar-refractivity contribution in [1.82, 2.24) is 14.5 Å². The highest BCUT2D eigenvalue weighted by molar-refractivity contribution is 7.99. The Kier molecular flexibility index (Phi) is 5.83. The smallest absolute Gasteiger partial charge is 0.263 e. The summed E-state index contributed by atoms with van der Waals surface area (Å²) in [4.78, 5) is 34.9. The van der Waals surface area contributed by atoms with Crippen LogP contribution in [0.1, 0.15) is 61.9 Å². The second-order valence-corrected chi connectivity index (χ2v) is 10.5. The Hall–Kier alpha value is -1.34. The largest absolute Gasteiger partial charge is 0.342 e. The van der Waals surface area contributed by atoms with E-state index < -0.39 is 0 Å². The molecule has 2 aliphatic rings. The molecule has 0 atom stereocenters. The lowest BCUT2D eigenvalue weighted by Crippen LogP contribution is -2.39. The van der Waals surface area contributed by atoms with Gasteiger partial charge in [0.1, 0.15) is 4.83 Å². The molecule has 0 aromatic carbocycles. The summed E-state index contributed by atoms with van der Waals surface area (Å²) in [5.41, 5.74) is 1.14. The first kappa shape index (κ1) is 20.0. The van der Waals surface area contributed by atoms with Crippen molar-refractivity contribution in [1.29, 1.82) is 0 Å². The van der Waals surface area contributed by atoms with Crippen molar-refractivity contribution in [3.63, 3.8) is 0 Å². The molecule has 7 heteroatoms. The Morgan fingerprint density at radius 2 is 1.86 bits per heavy atom. The first-order valence-corrected chi connectivity index (χ1v) is 12.2. The first-order chi connectivity index (χ1) is 13.5. The molecule has 152 valence electrons. The summed E-state index contributed by atoms with van der Waals surface area (Å²) in [6.45, 7) is 8.02. The normalized spacial score (nSPS) is 19.0. The number of piperidine rings is 1. The minimum atomic E-state index is 0.0838. The zero-order valence-electron chi connectivity index (χ0n) is 17.0. The molecule has 0 radical (unpaired) electrons. The molecule has 1 aliphatic heterocycles. The van der Waals surface area contributed by atoms with E-state index in [9.17, 15) is 9.59 Å². The number of carbonyl (C=O) groups is 1. The van der Waals surface area contributed by atoms with Gasteiger partial charge in [0.05, 0.1) is 11.1 Å². The highest BCUT2D eigenvalue weighted by Crippen LogP contribution is 2.34. The van der Waals surface area contributed by atoms with Gasteiger partial charge in [-0.2, -0.15) is 0 Å². The Labute approximate surface area is 174 Å². The number of nitrogens with zero attached hydrogens (tertiary/aromatic N) is 3. The molecular formula is C21H29N3O2S2. The molecule has 28 heavy (non-hydrogen) atoms.